The van der Waals surface area contributed by atoms with Crippen LogP contribution >= 0.6 is 0 Å². The molecule has 0 spiro atoms. The molecule has 6 heteroatoms. The molecule has 0 saturated carbocycles. The van der Waals surface area contributed by atoms with Gasteiger partial charge in [0, 0.05) is 12.8 Å². The lowest BCUT2D eigenvalue weighted by atomic mass is 9.97. The minimum atomic E-state index is -0.139. The minimum Gasteiger partial charge on any atom is -0.493 e. The molecule has 1 fully saturated rings. The Labute approximate surface area is 142 Å². The van der Waals surface area contributed by atoms with E-state index in [0.717, 1.165) is 12.0 Å². The lowest BCUT2D eigenvalue weighted by molar-refractivity contribution is -0.124. The average Bonchev–Trinajstić information content (AvgIpc) is 3.05. The van der Waals surface area contributed by atoms with Crippen LogP contribution in [0.5, 0.6) is 11.5 Å². The van der Waals surface area contributed by atoms with Crippen molar-refractivity contribution in [1.29, 1.82) is 0 Å². The molecule has 0 aromatic heterocycles. The average molecular weight is 335 g/mol. The lowest BCUT2D eigenvalue weighted by Gasteiger charge is -2.18. The minimum absolute atomic E-state index is 0.00467. The predicted molar refractivity (Wildman–Crippen MR) is 89.6 cm³/mol. The first-order chi connectivity index (χ1) is 11.5. The summed E-state index contributed by atoms with van der Waals surface area (Å²) in [4.78, 5) is 22.8. The summed E-state index contributed by atoms with van der Waals surface area (Å²) in [6.07, 6.45) is 1.20. The van der Waals surface area contributed by atoms with Crippen LogP contribution < -0.4 is 14.8 Å². The molecule has 1 aromatic carbocycles. The van der Waals surface area contributed by atoms with Gasteiger partial charge in [0.05, 0.1) is 26.9 Å². The van der Waals surface area contributed by atoms with E-state index in [1.165, 1.54) is 6.92 Å². The van der Waals surface area contributed by atoms with Gasteiger partial charge in [0.25, 0.3) is 0 Å². The molecular formula is C18H25NO5. The number of methoxy groups -OCH3 is 1. The van der Waals surface area contributed by atoms with Gasteiger partial charge in [-0.15, -0.1) is 0 Å². The molecule has 0 radical (unpaired) electrons. The van der Waals surface area contributed by atoms with Gasteiger partial charge in [-0.25, -0.2) is 0 Å². The van der Waals surface area contributed by atoms with Crippen molar-refractivity contribution in [3.63, 3.8) is 0 Å². The second-order valence-corrected chi connectivity index (χ2v) is 6.10. The van der Waals surface area contributed by atoms with E-state index in [9.17, 15) is 9.59 Å². The fourth-order valence-electron chi connectivity index (χ4n) is 2.57. The van der Waals surface area contributed by atoms with Crippen molar-refractivity contribution in [2.24, 2.45) is 0 Å². The van der Waals surface area contributed by atoms with Crippen LogP contribution in [0.3, 0.4) is 0 Å². The molecule has 1 aromatic rings. The van der Waals surface area contributed by atoms with Gasteiger partial charge in [0.2, 0.25) is 5.91 Å². The number of hydrogen-bond donors (Lipinski definition) is 1. The number of carbonyl (C=O) groups excluding carboxylic acids is 2. The van der Waals surface area contributed by atoms with Crippen molar-refractivity contribution in [3.8, 4) is 11.5 Å². The third kappa shape index (κ3) is 5.23. The number of hydrogen-bond acceptors (Lipinski definition) is 5. The Morgan fingerprint density at radius 3 is 2.79 bits per heavy atom. The van der Waals surface area contributed by atoms with E-state index < -0.39 is 0 Å². The standard InChI is InChI=1S/C18H25NO5/c1-12(8-18(21)19-10-13(2)20)14-4-5-16(22-3)17(9-14)24-15-6-7-23-11-15/h4-5,9,12,15H,6-8,10-11H2,1-3H3,(H,19,21)/t12-,15?/m0/s1. The Balaban J connectivity index is 2.03. The Hall–Kier alpha value is -2.08. The van der Waals surface area contributed by atoms with E-state index in [-0.39, 0.29) is 30.3 Å². The number of nitrogens with one attached hydrogen (secondary N) is 1. The Morgan fingerprint density at radius 1 is 1.38 bits per heavy atom. The van der Waals surface area contributed by atoms with Crippen LogP contribution in [0.15, 0.2) is 18.2 Å². The second kappa shape index (κ2) is 8.68. The van der Waals surface area contributed by atoms with E-state index in [0.29, 0.717) is 31.1 Å². The SMILES string of the molecule is COc1ccc([C@@H](C)CC(=O)NCC(C)=O)cc1OC1CCOC1. The number of carbonyl (C=O) groups is 2. The molecule has 132 valence electrons. The summed E-state index contributed by atoms with van der Waals surface area (Å²) in [5.41, 5.74) is 0.989. The summed E-state index contributed by atoms with van der Waals surface area (Å²) in [6, 6.07) is 5.70. The molecule has 2 rings (SSSR count). The molecule has 1 aliphatic heterocycles. The molecule has 1 aliphatic rings. The van der Waals surface area contributed by atoms with Gasteiger partial charge in [0.1, 0.15) is 11.9 Å². The molecule has 1 saturated heterocycles. The fraction of sp³-hybridized carbons (Fsp3) is 0.556. The number of ketones is 1. The van der Waals surface area contributed by atoms with Gasteiger partial charge in [0.15, 0.2) is 11.5 Å². The lowest BCUT2D eigenvalue weighted by Crippen LogP contribution is -2.29. The van der Waals surface area contributed by atoms with Gasteiger partial charge in [-0.2, -0.15) is 0 Å². The van der Waals surface area contributed by atoms with Gasteiger partial charge >= 0.3 is 0 Å². The zero-order chi connectivity index (χ0) is 17.5. The summed E-state index contributed by atoms with van der Waals surface area (Å²) >= 11 is 0. The molecule has 1 heterocycles. The molecular weight excluding hydrogens is 310 g/mol. The zero-order valence-corrected chi connectivity index (χ0v) is 14.5. The number of Topliss-reactive ketones (excluding diaryl/α,β-unsaturated/α-hetero) is 1. The van der Waals surface area contributed by atoms with Crippen molar-refractivity contribution in [3.05, 3.63) is 23.8 Å². The maximum Gasteiger partial charge on any atom is 0.220 e. The van der Waals surface area contributed by atoms with Crippen molar-refractivity contribution in [2.75, 3.05) is 26.9 Å². The van der Waals surface area contributed by atoms with Crippen molar-refractivity contribution >= 4 is 11.7 Å². The highest BCUT2D eigenvalue weighted by molar-refractivity contribution is 5.84. The van der Waals surface area contributed by atoms with Gasteiger partial charge < -0.3 is 19.5 Å². The summed E-state index contributed by atoms with van der Waals surface area (Å²) in [7, 11) is 1.60. The van der Waals surface area contributed by atoms with Crippen LogP contribution in [0, 0.1) is 0 Å². The van der Waals surface area contributed by atoms with E-state index in [2.05, 4.69) is 5.32 Å². The number of benzene rings is 1. The smallest absolute Gasteiger partial charge is 0.220 e. The normalized spacial score (nSPS) is 18.0. The van der Waals surface area contributed by atoms with Crippen LogP contribution in [-0.4, -0.2) is 44.7 Å². The van der Waals surface area contributed by atoms with Crippen LogP contribution in [0.2, 0.25) is 0 Å². The Morgan fingerprint density at radius 2 is 2.17 bits per heavy atom. The molecule has 2 atom stereocenters. The number of rotatable bonds is 8. The number of amides is 1. The van der Waals surface area contributed by atoms with Crippen LogP contribution in [-0.2, 0) is 14.3 Å². The molecule has 6 nitrogen and oxygen atoms in total. The highest BCUT2D eigenvalue weighted by Crippen LogP contribution is 2.33. The number of ether oxygens (including phenoxy) is 3. The van der Waals surface area contributed by atoms with Crippen LogP contribution in [0.1, 0.15) is 38.2 Å². The van der Waals surface area contributed by atoms with E-state index >= 15 is 0 Å². The maximum atomic E-state index is 11.9. The highest BCUT2D eigenvalue weighted by atomic mass is 16.6. The Kier molecular flexibility index (Phi) is 6.61. The van der Waals surface area contributed by atoms with Crippen molar-refractivity contribution in [1.82, 2.24) is 5.32 Å². The maximum absolute atomic E-state index is 11.9. The molecule has 0 aliphatic carbocycles. The third-order valence-corrected chi connectivity index (χ3v) is 3.96. The molecule has 24 heavy (non-hydrogen) atoms. The first-order valence-electron chi connectivity index (χ1n) is 8.18. The first-order valence-corrected chi connectivity index (χ1v) is 8.18. The topological polar surface area (TPSA) is 73.9 Å². The third-order valence-electron chi connectivity index (χ3n) is 3.96. The van der Waals surface area contributed by atoms with Crippen LogP contribution in [0.4, 0.5) is 0 Å². The van der Waals surface area contributed by atoms with E-state index in [1.807, 2.05) is 25.1 Å². The quantitative estimate of drug-likeness (QED) is 0.787. The summed E-state index contributed by atoms with van der Waals surface area (Å²) in [5, 5.41) is 2.62. The molecule has 1 amide bonds. The largest absolute Gasteiger partial charge is 0.493 e. The fourth-order valence-corrected chi connectivity index (χ4v) is 2.57. The first kappa shape index (κ1) is 18.3. The van der Waals surface area contributed by atoms with Crippen molar-refractivity contribution < 1.29 is 23.8 Å². The summed E-state index contributed by atoms with van der Waals surface area (Å²) < 4.78 is 16.7. The monoisotopic (exact) mass is 335 g/mol. The van der Waals surface area contributed by atoms with E-state index in [1.54, 1.807) is 7.11 Å². The van der Waals surface area contributed by atoms with Crippen molar-refractivity contribution in [2.45, 2.75) is 38.7 Å². The Bertz CT molecular complexity index is 581. The van der Waals surface area contributed by atoms with Crippen LogP contribution in [0.25, 0.3) is 0 Å². The highest BCUT2D eigenvalue weighted by Gasteiger charge is 2.20. The van der Waals surface area contributed by atoms with Gasteiger partial charge in [-0.05, 0) is 30.5 Å². The summed E-state index contributed by atoms with van der Waals surface area (Å²) in [6.45, 7) is 4.78. The summed E-state index contributed by atoms with van der Waals surface area (Å²) in [5.74, 6) is 1.14. The van der Waals surface area contributed by atoms with E-state index in [4.69, 9.17) is 14.2 Å². The van der Waals surface area contributed by atoms with Gasteiger partial charge in [-0.1, -0.05) is 13.0 Å². The molecule has 0 bridgehead atoms. The predicted octanol–water partition coefficient (Wildman–Crippen LogP) is 2.06. The molecule has 1 unspecified atom stereocenters. The zero-order valence-electron chi connectivity index (χ0n) is 14.5. The van der Waals surface area contributed by atoms with Gasteiger partial charge in [-0.3, -0.25) is 9.59 Å². The molecule has 1 N–H and O–H groups in total. The second-order valence-electron chi connectivity index (χ2n) is 6.10.